The zero-order valence-electron chi connectivity index (χ0n) is 17.5. The van der Waals surface area contributed by atoms with E-state index in [9.17, 15) is 4.79 Å². The molecule has 0 atom stereocenters. The number of benzene rings is 1. The third kappa shape index (κ3) is 6.57. The van der Waals surface area contributed by atoms with Crippen LogP contribution in [0.2, 0.25) is 0 Å². The number of hydrogen-bond donors (Lipinski definition) is 2. The predicted octanol–water partition coefficient (Wildman–Crippen LogP) is 2.56. The maximum absolute atomic E-state index is 11.8. The summed E-state index contributed by atoms with van der Waals surface area (Å²) >= 11 is 0. The Labute approximate surface area is 194 Å². The first-order chi connectivity index (χ1) is 14.2. The van der Waals surface area contributed by atoms with Crippen LogP contribution in [-0.4, -0.2) is 64.0 Å². The number of likely N-dealkylation sites (tertiary alicyclic amines) is 1. The van der Waals surface area contributed by atoms with Crippen molar-refractivity contribution >= 4 is 36.0 Å². The largest absolute Gasteiger partial charge is 0.450 e. The number of ether oxygens (including phenoxy) is 1. The zero-order chi connectivity index (χ0) is 20.5. The second-order valence-corrected chi connectivity index (χ2v) is 6.75. The average molecular weight is 527 g/mol. The normalized spacial score (nSPS) is 14.7. The van der Waals surface area contributed by atoms with Gasteiger partial charge < -0.3 is 20.3 Å². The molecular weight excluding hydrogens is 497 g/mol. The van der Waals surface area contributed by atoms with Crippen LogP contribution in [-0.2, 0) is 11.3 Å². The van der Waals surface area contributed by atoms with E-state index >= 15 is 0 Å². The first-order valence-electron chi connectivity index (χ1n) is 10.1. The number of aromatic nitrogens is 3. The van der Waals surface area contributed by atoms with Gasteiger partial charge in [-0.3, -0.25) is 4.57 Å². The predicted molar refractivity (Wildman–Crippen MR) is 126 cm³/mol. The molecule has 2 N–H and O–H groups in total. The van der Waals surface area contributed by atoms with Crippen LogP contribution in [0.25, 0.3) is 5.69 Å². The first kappa shape index (κ1) is 23.9. The Kier molecular flexibility index (Phi) is 9.84. The number of nitrogens with one attached hydrogen (secondary N) is 2. The van der Waals surface area contributed by atoms with Gasteiger partial charge in [0, 0.05) is 31.4 Å². The van der Waals surface area contributed by atoms with Gasteiger partial charge in [-0.1, -0.05) is 18.2 Å². The van der Waals surface area contributed by atoms with Gasteiger partial charge in [0.15, 0.2) is 11.8 Å². The van der Waals surface area contributed by atoms with Crippen molar-refractivity contribution in [1.29, 1.82) is 0 Å². The Balaban J connectivity index is 0.00000320. The summed E-state index contributed by atoms with van der Waals surface area (Å²) in [6.07, 6.45) is 3.17. The Morgan fingerprint density at radius 3 is 2.63 bits per heavy atom. The third-order valence-corrected chi connectivity index (χ3v) is 4.74. The van der Waals surface area contributed by atoms with Crippen molar-refractivity contribution in [3.8, 4) is 5.69 Å². The molecule has 0 aliphatic carbocycles. The van der Waals surface area contributed by atoms with E-state index < -0.39 is 0 Å². The molecule has 1 amide bonds. The molecule has 1 aromatic heterocycles. The van der Waals surface area contributed by atoms with Crippen LogP contribution < -0.4 is 10.6 Å². The summed E-state index contributed by atoms with van der Waals surface area (Å²) in [6, 6.07) is 10.2. The van der Waals surface area contributed by atoms with Crippen LogP contribution in [0.15, 0.2) is 41.7 Å². The molecule has 1 aromatic carbocycles. The molecule has 10 heteroatoms. The minimum atomic E-state index is -0.230. The fraction of sp³-hybridized carbons (Fsp3) is 0.500. The fourth-order valence-electron chi connectivity index (χ4n) is 3.26. The van der Waals surface area contributed by atoms with E-state index in [1.54, 1.807) is 11.2 Å². The number of carbonyl (C=O) groups is 1. The van der Waals surface area contributed by atoms with E-state index in [-0.39, 0.29) is 36.1 Å². The van der Waals surface area contributed by atoms with Gasteiger partial charge in [0.2, 0.25) is 0 Å². The van der Waals surface area contributed by atoms with Crippen LogP contribution in [0.5, 0.6) is 0 Å². The molecule has 2 aromatic rings. The molecule has 3 rings (SSSR count). The molecule has 9 nitrogen and oxygen atoms in total. The number of amides is 1. The van der Waals surface area contributed by atoms with Crippen molar-refractivity contribution in [1.82, 2.24) is 30.3 Å². The molecule has 0 radical (unpaired) electrons. The van der Waals surface area contributed by atoms with Crippen molar-refractivity contribution in [3.05, 3.63) is 42.5 Å². The molecule has 0 saturated carbocycles. The zero-order valence-corrected chi connectivity index (χ0v) is 19.8. The maximum atomic E-state index is 11.8. The van der Waals surface area contributed by atoms with Gasteiger partial charge in [-0.2, -0.15) is 0 Å². The highest BCUT2D eigenvalue weighted by Gasteiger charge is 2.24. The lowest BCUT2D eigenvalue weighted by molar-refractivity contribution is 0.0963. The van der Waals surface area contributed by atoms with Crippen LogP contribution in [0, 0.1) is 0 Å². The van der Waals surface area contributed by atoms with Crippen molar-refractivity contribution in [3.63, 3.8) is 0 Å². The van der Waals surface area contributed by atoms with Crippen molar-refractivity contribution in [2.24, 2.45) is 4.99 Å². The van der Waals surface area contributed by atoms with E-state index in [1.807, 2.05) is 48.7 Å². The Morgan fingerprint density at radius 2 is 1.97 bits per heavy atom. The van der Waals surface area contributed by atoms with E-state index in [2.05, 4.69) is 25.8 Å². The Bertz CT molecular complexity index is 804. The molecule has 30 heavy (non-hydrogen) atoms. The molecule has 0 spiro atoms. The number of aliphatic imine (C=N–C) groups is 1. The van der Waals surface area contributed by atoms with Crippen molar-refractivity contribution in [2.45, 2.75) is 39.3 Å². The monoisotopic (exact) mass is 527 g/mol. The second kappa shape index (κ2) is 12.4. The Morgan fingerprint density at radius 1 is 1.23 bits per heavy atom. The average Bonchev–Trinajstić information content (AvgIpc) is 3.22. The Hall–Kier alpha value is -2.37. The highest BCUT2D eigenvalue weighted by molar-refractivity contribution is 14.0. The van der Waals surface area contributed by atoms with E-state index in [4.69, 9.17) is 4.74 Å². The smallest absolute Gasteiger partial charge is 0.409 e. The van der Waals surface area contributed by atoms with Crippen molar-refractivity contribution < 1.29 is 9.53 Å². The third-order valence-electron chi connectivity index (χ3n) is 4.74. The SMILES string of the molecule is CCNC(=NCc1nncn1-c1ccccc1)NC1CCN(C(=O)OCC)CC1.I. The second-order valence-electron chi connectivity index (χ2n) is 6.75. The lowest BCUT2D eigenvalue weighted by Gasteiger charge is -2.32. The maximum Gasteiger partial charge on any atom is 0.409 e. The minimum Gasteiger partial charge on any atom is -0.450 e. The highest BCUT2D eigenvalue weighted by Crippen LogP contribution is 2.12. The van der Waals surface area contributed by atoms with Crippen molar-refractivity contribution in [2.75, 3.05) is 26.2 Å². The lowest BCUT2D eigenvalue weighted by Crippen LogP contribution is -2.49. The van der Waals surface area contributed by atoms with Crippen LogP contribution in [0.3, 0.4) is 0 Å². The summed E-state index contributed by atoms with van der Waals surface area (Å²) in [6.45, 7) is 6.79. The summed E-state index contributed by atoms with van der Waals surface area (Å²) in [5, 5.41) is 15.0. The number of guanidine groups is 1. The molecule has 1 aliphatic heterocycles. The molecule has 1 saturated heterocycles. The summed E-state index contributed by atoms with van der Waals surface area (Å²) in [5.41, 5.74) is 1.01. The van der Waals surface area contributed by atoms with Crippen LogP contribution >= 0.6 is 24.0 Å². The van der Waals surface area contributed by atoms with Gasteiger partial charge in [-0.15, -0.1) is 34.2 Å². The van der Waals surface area contributed by atoms with E-state index in [1.165, 1.54) is 0 Å². The van der Waals surface area contributed by atoms with Gasteiger partial charge in [-0.05, 0) is 38.8 Å². The first-order valence-corrected chi connectivity index (χ1v) is 10.1. The summed E-state index contributed by atoms with van der Waals surface area (Å²) in [4.78, 5) is 18.3. The van der Waals surface area contributed by atoms with Gasteiger partial charge in [-0.25, -0.2) is 9.79 Å². The van der Waals surface area contributed by atoms with Crippen LogP contribution in [0.4, 0.5) is 4.79 Å². The van der Waals surface area contributed by atoms with Gasteiger partial charge >= 0.3 is 6.09 Å². The van der Waals surface area contributed by atoms with E-state index in [0.717, 1.165) is 36.9 Å². The van der Waals surface area contributed by atoms with E-state index in [0.29, 0.717) is 26.2 Å². The minimum absolute atomic E-state index is 0. The summed E-state index contributed by atoms with van der Waals surface area (Å²) < 4.78 is 7.01. The lowest BCUT2D eigenvalue weighted by atomic mass is 10.1. The van der Waals surface area contributed by atoms with Gasteiger partial charge in [0.25, 0.3) is 0 Å². The molecule has 1 fully saturated rings. The molecular formula is C20H30IN7O2. The number of rotatable bonds is 6. The molecule has 0 unspecified atom stereocenters. The topological polar surface area (TPSA) is 96.7 Å². The molecule has 2 heterocycles. The standard InChI is InChI=1S/C20H29N7O2.HI/c1-3-21-19(24-16-10-12-26(13-11-16)20(28)29-4-2)22-14-18-25-23-15-27(18)17-8-6-5-7-9-17;/h5-9,15-16H,3-4,10-14H2,1-2H3,(H2,21,22,24);1H. The quantitative estimate of drug-likeness (QED) is 0.341. The number of para-hydroxylation sites is 1. The number of carbonyl (C=O) groups excluding carboxylic acids is 1. The number of piperidine rings is 1. The van der Waals surface area contributed by atoms with Gasteiger partial charge in [0.1, 0.15) is 12.9 Å². The molecule has 1 aliphatic rings. The molecule has 164 valence electrons. The summed E-state index contributed by atoms with van der Waals surface area (Å²) in [7, 11) is 0. The molecule has 0 bridgehead atoms. The number of halogens is 1. The number of hydrogen-bond acceptors (Lipinski definition) is 5. The highest BCUT2D eigenvalue weighted by atomic mass is 127. The number of nitrogens with zero attached hydrogens (tertiary/aromatic N) is 5. The van der Waals surface area contributed by atoms with Gasteiger partial charge in [0.05, 0.1) is 6.61 Å². The van der Waals surface area contributed by atoms with Crippen LogP contribution in [0.1, 0.15) is 32.5 Å². The summed E-state index contributed by atoms with van der Waals surface area (Å²) in [5.74, 6) is 1.51. The fourth-order valence-corrected chi connectivity index (χ4v) is 3.26.